The smallest absolute Gasteiger partial charge is 0.224 e. The van der Waals surface area contributed by atoms with Gasteiger partial charge in [-0.25, -0.2) is 0 Å². The molecule has 1 amide bonds. The molecule has 0 unspecified atom stereocenters. The molecule has 0 aliphatic heterocycles. The van der Waals surface area contributed by atoms with Gasteiger partial charge in [0, 0.05) is 12.6 Å². The van der Waals surface area contributed by atoms with Crippen LogP contribution in [0.25, 0.3) is 0 Å². The Labute approximate surface area is 114 Å². The van der Waals surface area contributed by atoms with E-state index in [2.05, 4.69) is 17.5 Å². The fourth-order valence-corrected chi connectivity index (χ4v) is 2.46. The Morgan fingerprint density at radius 3 is 2.58 bits per heavy atom. The molecule has 0 spiro atoms. The third-order valence-corrected chi connectivity index (χ3v) is 3.64. The molecule has 3 heteroatoms. The van der Waals surface area contributed by atoms with E-state index in [4.69, 9.17) is 5.73 Å². The molecule has 0 saturated carbocycles. The van der Waals surface area contributed by atoms with Gasteiger partial charge >= 0.3 is 0 Å². The zero-order valence-electron chi connectivity index (χ0n) is 11.2. The second kappa shape index (κ2) is 7.10. The maximum atomic E-state index is 12.2. The van der Waals surface area contributed by atoms with Crippen LogP contribution in [-0.4, -0.2) is 11.9 Å². The molecule has 1 aliphatic rings. The molecule has 3 nitrogen and oxygen atoms in total. The molecule has 2 atom stereocenters. The van der Waals surface area contributed by atoms with Crippen LogP contribution in [0.4, 0.5) is 0 Å². The lowest BCUT2D eigenvalue weighted by Crippen LogP contribution is -2.41. The molecule has 0 fully saturated rings. The quantitative estimate of drug-likeness (QED) is 0.818. The Bertz CT molecular complexity index is 428. The van der Waals surface area contributed by atoms with E-state index in [-0.39, 0.29) is 17.9 Å². The van der Waals surface area contributed by atoms with Gasteiger partial charge in [-0.1, -0.05) is 42.5 Å². The van der Waals surface area contributed by atoms with Gasteiger partial charge in [-0.2, -0.15) is 0 Å². The van der Waals surface area contributed by atoms with E-state index in [1.165, 1.54) is 0 Å². The molecule has 0 radical (unpaired) electrons. The van der Waals surface area contributed by atoms with Crippen molar-refractivity contribution in [3.63, 3.8) is 0 Å². The molecular weight excluding hydrogens is 236 g/mol. The minimum absolute atomic E-state index is 0.0271. The largest absolute Gasteiger partial charge is 0.352 e. The minimum Gasteiger partial charge on any atom is -0.352 e. The molecule has 1 aromatic rings. The molecule has 19 heavy (non-hydrogen) atoms. The van der Waals surface area contributed by atoms with Crippen molar-refractivity contribution in [1.82, 2.24) is 5.32 Å². The van der Waals surface area contributed by atoms with Gasteiger partial charge in [0.15, 0.2) is 0 Å². The molecule has 3 N–H and O–H groups in total. The summed E-state index contributed by atoms with van der Waals surface area (Å²) in [5, 5.41) is 3.00. The highest BCUT2D eigenvalue weighted by molar-refractivity contribution is 5.79. The third-order valence-electron chi connectivity index (χ3n) is 3.64. The number of benzene rings is 1. The van der Waals surface area contributed by atoms with E-state index in [9.17, 15) is 4.79 Å². The summed E-state index contributed by atoms with van der Waals surface area (Å²) >= 11 is 0. The fourth-order valence-electron chi connectivity index (χ4n) is 2.46. The average molecular weight is 258 g/mol. The number of hydrogen-bond donors (Lipinski definition) is 2. The molecule has 1 aliphatic carbocycles. The van der Waals surface area contributed by atoms with Crippen molar-refractivity contribution >= 4 is 5.91 Å². The molecule has 0 bridgehead atoms. The van der Waals surface area contributed by atoms with Crippen molar-refractivity contribution < 1.29 is 4.79 Å². The van der Waals surface area contributed by atoms with Crippen molar-refractivity contribution in [2.45, 2.75) is 38.3 Å². The zero-order valence-corrected chi connectivity index (χ0v) is 11.2. The highest BCUT2D eigenvalue weighted by Gasteiger charge is 2.24. The second-order valence-electron chi connectivity index (χ2n) is 5.10. The van der Waals surface area contributed by atoms with Crippen LogP contribution in [0.1, 0.15) is 31.2 Å². The standard InChI is InChI=1S/C16H22N2O/c17-15-11-7-2-1-6-10-14(15)16(19)18-12-13-8-4-3-5-9-13/h1-5,8-9,14-15H,6-7,10-12,17H2,(H,18,19)/b2-1-/t14-,15+/m1/s1. The van der Waals surface area contributed by atoms with E-state index in [1.807, 2.05) is 30.3 Å². The Kier molecular flexibility index (Phi) is 5.16. The zero-order chi connectivity index (χ0) is 13.5. The first-order chi connectivity index (χ1) is 9.27. The van der Waals surface area contributed by atoms with Crippen molar-refractivity contribution in [2.24, 2.45) is 11.7 Å². The van der Waals surface area contributed by atoms with Crippen molar-refractivity contribution in [3.05, 3.63) is 48.0 Å². The summed E-state index contributed by atoms with van der Waals surface area (Å²) in [6, 6.07) is 9.94. The lowest BCUT2D eigenvalue weighted by molar-refractivity contribution is -0.126. The highest BCUT2D eigenvalue weighted by Crippen LogP contribution is 2.18. The van der Waals surface area contributed by atoms with E-state index >= 15 is 0 Å². The van der Waals surface area contributed by atoms with Crippen LogP contribution in [-0.2, 0) is 11.3 Å². The first kappa shape index (κ1) is 13.8. The third kappa shape index (κ3) is 4.21. The topological polar surface area (TPSA) is 55.1 Å². The normalized spacial score (nSPS) is 25.1. The average Bonchev–Trinajstić information content (AvgIpc) is 2.42. The lowest BCUT2D eigenvalue weighted by atomic mass is 9.89. The minimum atomic E-state index is -0.0614. The Balaban J connectivity index is 1.89. The summed E-state index contributed by atoms with van der Waals surface area (Å²) in [4.78, 5) is 12.2. The van der Waals surface area contributed by atoms with Crippen LogP contribution >= 0.6 is 0 Å². The lowest BCUT2D eigenvalue weighted by Gasteiger charge is -2.23. The van der Waals surface area contributed by atoms with Gasteiger partial charge in [0.1, 0.15) is 0 Å². The summed E-state index contributed by atoms with van der Waals surface area (Å²) in [7, 11) is 0. The number of hydrogen-bond acceptors (Lipinski definition) is 2. The number of amides is 1. The van der Waals surface area contributed by atoms with E-state index in [0.717, 1.165) is 31.2 Å². The predicted molar refractivity (Wildman–Crippen MR) is 77.4 cm³/mol. The number of nitrogens with one attached hydrogen (secondary N) is 1. The predicted octanol–water partition coefficient (Wildman–Crippen LogP) is 2.38. The van der Waals surface area contributed by atoms with Crippen LogP contribution in [0.5, 0.6) is 0 Å². The molecule has 0 heterocycles. The van der Waals surface area contributed by atoms with E-state index in [1.54, 1.807) is 0 Å². The number of nitrogens with two attached hydrogens (primary N) is 1. The summed E-state index contributed by atoms with van der Waals surface area (Å²) in [6.45, 7) is 0.582. The van der Waals surface area contributed by atoms with Crippen molar-refractivity contribution in [3.8, 4) is 0 Å². The van der Waals surface area contributed by atoms with Gasteiger partial charge in [0.2, 0.25) is 5.91 Å². The Morgan fingerprint density at radius 2 is 1.84 bits per heavy atom. The number of allylic oxidation sites excluding steroid dienone is 2. The van der Waals surface area contributed by atoms with Gasteiger partial charge in [-0.05, 0) is 31.2 Å². The van der Waals surface area contributed by atoms with Gasteiger partial charge in [0.25, 0.3) is 0 Å². The monoisotopic (exact) mass is 258 g/mol. The maximum absolute atomic E-state index is 12.2. The summed E-state index contributed by atoms with van der Waals surface area (Å²) in [6.07, 6.45) is 7.97. The van der Waals surface area contributed by atoms with Crippen molar-refractivity contribution in [1.29, 1.82) is 0 Å². The summed E-state index contributed by atoms with van der Waals surface area (Å²) in [5.74, 6) is 0.0281. The van der Waals surface area contributed by atoms with Crippen LogP contribution < -0.4 is 11.1 Å². The maximum Gasteiger partial charge on any atom is 0.224 e. The summed E-state index contributed by atoms with van der Waals surface area (Å²) < 4.78 is 0. The second-order valence-corrected chi connectivity index (χ2v) is 5.10. The first-order valence-corrected chi connectivity index (χ1v) is 6.99. The summed E-state index contributed by atoms with van der Waals surface area (Å²) in [5.41, 5.74) is 7.24. The highest BCUT2D eigenvalue weighted by atomic mass is 16.1. The van der Waals surface area contributed by atoms with Gasteiger partial charge < -0.3 is 11.1 Å². The fraction of sp³-hybridized carbons (Fsp3) is 0.438. The Hall–Kier alpha value is -1.61. The molecule has 1 aromatic carbocycles. The SMILES string of the molecule is N[C@H]1CC/C=C\CC[C@H]1C(=O)NCc1ccccc1. The van der Waals surface area contributed by atoms with Crippen LogP contribution in [0, 0.1) is 5.92 Å². The van der Waals surface area contributed by atoms with Crippen LogP contribution in [0.3, 0.4) is 0 Å². The number of rotatable bonds is 3. The van der Waals surface area contributed by atoms with Crippen LogP contribution in [0.2, 0.25) is 0 Å². The first-order valence-electron chi connectivity index (χ1n) is 6.99. The van der Waals surface area contributed by atoms with Gasteiger partial charge in [-0.3, -0.25) is 4.79 Å². The molecule has 0 aromatic heterocycles. The number of carbonyl (C=O) groups excluding carboxylic acids is 1. The molecule has 0 saturated heterocycles. The molecular formula is C16H22N2O. The van der Waals surface area contributed by atoms with E-state index < -0.39 is 0 Å². The van der Waals surface area contributed by atoms with Gasteiger partial charge in [-0.15, -0.1) is 0 Å². The van der Waals surface area contributed by atoms with Gasteiger partial charge in [0.05, 0.1) is 5.92 Å². The van der Waals surface area contributed by atoms with Crippen molar-refractivity contribution in [2.75, 3.05) is 0 Å². The molecule has 2 rings (SSSR count). The number of carbonyl (C=O) groups is 1. The Morgan fingerprint density at radius 1 is 1.16 bits per heavy atom. The molecule has 102 valence electrons. The van der Waals surface area contributed by atoms with E-state index in [0.29, 0.717) is 6.54 Å². The van der Waals surface area contributed by atoms with Crippen LogP contribution in [0.15, 0.2) is 42.5 Å².